The SMILES string of the molecule is Cc1nc(Nc2ccc(NC(=O)Cc3ccc(C(F)(F)F)cc3)cc2)cc(-n2ccnc2)n1. The van der Waals surface area contributed by atoms with Gasteiger partial charge in [-0.15, -0.1) is 0 Å². The zero-order valence-electron chi connectivity index (χ0n) is 17.5. The lowest BCUT2D eigenvalue weighted by molar-refractivity contribution is -0.137. The van der Waals surface area contributed by atoms with Crippen molar-refractivity contribution in [3.05, 3.63) is 90.3 Å². The summed E-state index contributed by atoms with van der Waals surface area (Å²) in [7, 11) is 0. The smallest absolute Gasteiger partial charge is 0.340 e. The van der Waals surface area contributed by atoms with Crippen molar-refractivity contribution in [2.75, 3.05) is 10.6 Å². The molecule has 0 aliphatic heterocycles. The van der Waals surface area contributed by atoms with Crippen LogP contribution in [0.5, 0.6) is 0 Å². The quantitative estimate of drug-likeness (QED) is 0.434. The number of imidazole rings is 1. The lowest BCUT2D eigenvalue weighted by atomic mass is 10.1. The lowest BCUT2D eigenvalue weighted by Gasteiger charge is -2.11. The number of carbonyl (C=O) groups excluding carboxylic acids is 1. The Morgan fingerprint density at radius 2 is 1.70 bits per heavy atom. The largest absolute Gasteiger partial charge is 0.416 e. The van der Waals surface area contributed by atoms with Gasteiger partial charge in [0.1, 0.15) is 23.8 Å². The second-order valence-electron chi connectivity index (χ2n) is 7.25. The molecule has 0 saturated heterocycles. The number of nitrogens with zero attached hydrogens (tertiary/aromatic N) is 4. The van der Waals surface area contributed by atoms with Crippen molar-refractivity contribution in [3.8, 4) is 5.82 Å². The molecule has 7 nitrogen and oxygen atoms in total. The van der Waals surface area contributed by atoms with Crippen LogP contribution in [0.2, 0.25) is 0 Å². The van der Waals surface area contributed by atoms with E-state index in [1.807, 2.05) is 0 Å². The van der Waals surface area contributed by atoms with E-state index in [1.165, 1.54) is 12.1 Å². The van der Waals surface area contributed by atoms with Gasteiger partial charge in [-0.25, -0.2) is 15.0 Å². The fourth-order valence-corrected chi connectivity index (χ4v) is 3.13. The molecular formula is C23H19F3N6O. The number of anilines is 3. The van der Waals surface area contributed by atoms with Gasteiger partial charge in [-0.2, -0.15) is 13.2 Å². The molecule has 2 N–H and O–H groups in total. The van der Waals surface area contributed by atoms with E-state index in [-0.39, 0.29) is 12.3 Å². The maximum Gasteiger partial charge on any atom is 0.416 e. The highest BCUT2D eigenvalue weighted by atomic mass is 19.4. The predicted octanol–water partition coefficient (Wildman–Crippen LogP) is 4.91. The Kier molecular flexibility index (Phi) is 6.07. The summed E-state index contributed by atoms with van der Waals surface area (Å²) < 4.78 is 39.7. The number of aromatic nitrogens is 4. The van der Waals surface area contributed by atoms with Crippen LogP contribution in [0.15, 0.2) is 73.3 Å². The number of alkyl halides is 3. The summed E-state index contributed by atoms with van der Waals surface area (Å²) >= 11 is 0. The minimum Gasteiger partial charge on any atom is -0.340 e. The van der Waals surface area contributed by atoms with Gasteiger partial charge in [0, 0.05) is 29.8 Å². The summed E-state index contributed by atoms with van der Waals surface area (Å²) in [6, 6.07) is 13.3. The third kappa shape index (κ3) is 5.73. The van der Waals surface area contributed by atoms with Crippen LogP contribution in [0.3, 0.4) is 0 Å². The van der Waals surface area contributed by atoms with Crippen LogP contribution >= 0.6 is 0 Å². The molecule has 1 amide bonds. The summed E-state index contributed by atoms with van der Waals surface area (Å²) in [6.45, 7) is 1.79. The van der Waals surface area contributed by atoms with Crippen LogP contribution in [0.1, 0.15) is 17.0 Å². The Morgan fingerprint density at radius 1 is 1.00 bits per heavy atom. The van der Waals surface area contributed by atoms with Crippen molar-refractivity contribution >= 4 is 23.1 Å². The molecule has 33 heavy (non-hydrogen) atoms. The molecule has 0 saturated carbocycles. The average Bonchev–Trinajstić information content (AvgIpc) is 3.29. The Balaban J connectivity index is 1.37. The Labute approximate surface area is 187 Å². The van der Waals surface area contributed by atoms with E-state index < -0.39 is 11.7 Å². The summed E-state index contributed by atoms with van der Waals surface area (Å²) in [6.07, 6.45) is 0.661. The number of hydrogen-bond acceptors (Lipinski definition) is 5. The standard InChI is InChI=1S/C23H19F3N6O/c1-15-28-20(13-21(29-15)32-11-10-27-14-32)30-18-6-8-19(9-7-18)31-22(33)12-16-2-4-17(5-3-16)23(24,25)26/h2-11,13-14H,12H2,1H3,(H,31,33)(H,28,29,30). The molecule has 0 bridgehead atoms. The Hall–Kier alpha value is -4.21. The monoisotopic (exact) mass is 452 g/mol. The van der Waals surface area contributed by atoms with E-state index in [0.29, 0.717) is 28.7 Å². The van der Waals surface area contributed by atoms with Crippen LogP contribution < -0.4 is 10.6 Å². The molecule has 2 heterocycles. The number of halogens is 3. The van der Waals surface area contributed by atoms with Gasteiger partial charge >= 0.3 is 6.18 Å². The molecule has 0 unspecified atom stereocenters. The molecule has 0 aliphatic rings. The Bertz CT molecular complexity index is 1240. The average molecular weight is 452 g/mol. The first-order chi connectivity index (χ1) is 15.8. The maximum atomic E-state index is 12.6. The molecule has 4 aromatic rings. The number of hydrogen-bond donors (Lipinski definition) is 2. The molecule has 0 atom stereocenters. The molecule has 0 radical (unpaired) electrons. The zero-order valence-corrected chi connectivity index (χ0v) is 17.5. The molecular weight excluding hydrogens is 433 g/mol. The second-order valence-corrected chi connectivity index (χ2v) is 7.25. The van der Waals surface area contributed by atoms with Gasteiger partial charge < -0.3 is 10.6 Å². The minimum absolute atomic E-state index is 0.0324. The van der Waals surface area contributed by atoms with Gasteiger partial charge in [-0.3, -0.25) is 9.36 Å². The van der Waals surface area contributed by atoms with Gasteiger partial charge in [0.15, 0.2) is 0 Å². The van der Waals surface area contributed by atoms with Gasteiger partial charge in [0.05, 0.1) is 12.0 Å². The van der Waals surface area contributed by atoms with E-state index in [9.17, 15) is 18.0 Å². The first kappa shape index (κ1) is 22.0. The predicted molar refractivity (Wildman–Crippen MR) is 117 cm³/mol. The summed E-state index contributed by atoms with van der Waals surface area (Å²) in [5.41, 5.74) is 1.07. The molecule has 0 fully saturated rings. The topological polar surface area (TPSA) is 84.7 Å². The first-order valence-electron chi connectivity index (χ1n) is 9.93. The molecule has 4 rings (SSSR count). The third-order valence-electron chi connectivity index (χ3n) is 4.68. The van der Waals surface area contributed by atoms with Crippen molar-refractivity contribution in [2.45, 2.75) is 19.5 Å². The van der Waals surface area contributed by atoms with Crippen LogP contribution in [-0.2, 0) is 17.4 Å². The van der Waals surface area contributed by atoms with Crippen molar-refractivity contribution in [3.63, 3.8) is 0 Å². The van der Waals surface area contributed by atoms with Gasteiger partial charge in [-0.1, -0.05) is 12.1 Å². The fraction of sp³-hybridized carbons (Fsp3) is 0.130. The number of aryl methyl sites for hydroxylation is 1. The third-order valence-corrected chi connectivity index (χ3v) is 4.68. The zero-order chi connectivity index (χ0) is 23.4. The summed E-state index contributed by atoms with van der Waals surface area (Å²) in [5, 5.41) is 5.93. The van der Waals surface area contributed by atoms with Crippen LogP contribution in [-0.4, -0.2) is 25.4 Å². The van der Waals surface area contributed by atoms with Gasteiger partial charge in [0.25, 0.3) is 0 Å². The Morgan fingerprint density at radius 3 is 2.33 bits per heavy atom. The number of rotatable bonds is 6. The molecule has 10 heteroatoms. The number of amides is 1. The van der Waals surface area contributed by atoms with Crippen molar-refractivity contribution < 1.29 is 18.0 Å². The molecule has 0 aliphatic carbocycles. The number of benzene rings is 2. The first-order valence-corrected chi connectivity index (χ1v) is 9.93. The van der Waals surface area contributed by atoms with Gasteiger partial charge in [0.2, 0.25) is 5.91 Å². The van der Waals surface area contributed by atoms with Crippen molar-refractivity contribution in [1.29, 1.82) is 0 Å². The molecule has 2 aromatic carbocycles. The summed E-state index contributed by atoms with van der Waals surface area (Å²) in [4.78, 5) is 25.0. The highest BCUT2D eigenvalue weighted by molar-refractivity contribution is 5.92. The number of carbonyl (C=O) groups is 1. The van der Waals surface area contributed by atoms with E-state index in [1.54, 1.807) is 60.5 Å². The van der Waals surface area contributed by atoms with Crippen LogP contribution in [0.25, 0.3) is 5.82 Å². The normalized spacial score (nSPS) is 11.3. The van der Waals surface area contributed by atoms with E-state index in [2.05, 4.69) is 25.6 Å². The molecule has 168 valence electrons. The van der Waals surface area contributed by atoms with Crippen molar-refractivity contribution in [2.24, 2.45) is 0 Å². The highest BCUT2D eigenvalue weighted by Gasteiger charge is 2.29. The minimum atomic E-state index is -4.40. The second kappa shape index (κ2) is 9.11. The lowest BCUT2D eigenvalue weighted by Crippen LogP contribution is -2.14. The van der Waals surface area contributed by atoms with E-state index >= 15 is 0 Å². The van der Waals surface area contributed by atoms with E-state index in [4.69, 9.17) is 0 Å². The number of nitrogens with one attached hydrogen (secondary N) is 2. The van der Waals surface area contributed by atoms with Crippen LogP contribution in [0.4, 0.5) is 30.4 Å². The van der Waals surface area contributed by atoms with E-state index in [0.717, 1.165) is 17.8 Å². The van der Waals surface area contributed by atoms with Crippen molar-refractivity contribution in [1.82, 2.24) is 19.5 Å². The fourth-order valence-electron chi connectivity index (χ4n) is 3.13. The maximum absolute atomic E-state index is 12.6. The highest BCUT2D eigenvalue weighted by Crippen LogP contribution is 2.29. The van der Waals surface area contributed by atoms with Crippen LogP contribution in [0, 0.1) is 6.92 Å². The molecule has 0 spiro atoms. The molecule has 2 aromatic heterocycles. The summed E-state index contributed by atoms with van der Waals surface area (Å²) in [5.74, 6) is 1.54. The van der Waals surface area contributed by atoms with Gasteiger partial charge in [-0.05, 0) is 48.9 Å².